The zero-order valence-electron chi connectivity index (χ0n) is 32.2. The minimum atomic E-state index is -0.161. The van der Waals surface area contributed by atoms with Crippen molar-refractivity contribution in [2.75, 3.05) is 5.32 Å². The molecule has 0 amide bonds. The van der Waals surface area contributed by atoms with Gasteiger partial charge in [-0.15, -0.1) is 0 Å². The SMILES string of the molecule is CCC(CC)c1ccc2c(c1)C(C)(C)c1cc3c(cc1-2)C(C)(C)c1cc(C(CC)(CC)Nc2ccc(C(C)(C)c4ccccc4)cc2)ccc1-3. The summed E-state index contributed by atoms with van der Waals surface area (Å²) in [5, 5.41) is 4.05. The molecule has 1 nitrogen and oxygen atoms in total. The molecule has 0 spiro atoms. The first-order valence-electron chi connectivity index (χ1n) is 19.3. The largest absolute Gasteiger partial charge is 0.376 e. The smallest absolute Gasteiger partial charge is 0.0620 e. The highest BCUT2D eigenvalue weighted by molar-refractivity contribution is 5.90. The van der Waals surface area contributed by atoms with E-state index in [1.165, 1.54) is 85.3 Å². The van der Waals surface area contributed by atoms with E-state index < -0.39 is 0 Å². The van der Waals surface area contributed by atoms with E-state index in [1.54, 1.807) is 0 Å². The Kier molecular flexibility index (Phi) is 8.45. The second kappa shape index (κ2) is 12.3. The van der Waals surface area contributed by atoms with E-state index in [9.17, 15) is 0 Å². The number of nitrogens with one attached hydrogen (secondary N) is 1. The third-order valence-electron chi connectivity index (χ3n) is 13.2. The second-order valence-electron chi connectivity index (χ2n) is 16.8. The number of hydrogen-bond donors (Lipinski definition) is 1. The summed E-state index contributed by atoms with van der Waals surface area (Å²) < 4.78 is 0. The topological polar surface area (TPSA) is 12.0 Å². The zero-order chi connectivity index (χ0) is 35.6. The molecule has 1 heteroatoms. The molecule has 0 aromatic heterocycles. The average molecular weight is 660 g/mol. The number of fused-ring (bicyclic) bond motifs is 6. The predicted octanol–water partition coefficient (Wildman–Crippen LogP) is 13.7. The summed E-state index contributed by atoms with van der Waals surface area (Å²) in [5.74, 6) is 0.629. The van der Waals surface area contributed by atoms with Crippen molar-refractivity contribution in [1.82, 2.24) is 0 Å². The predicted molar refractivity (Wildman–Crippen MR) is 216 cm³/mol. The van der Waals surface area contributed by atoms with Crippen LogP contribution < -0.4 is 5.32 Å². The summed E-state index contributed by atoms with van der Waals surface area (Å²) in [4.78, 5) is 0. The highest BCUT2D eigenvalue weighted by Gasteiger charge is 2.43. The van der Waals surface area contributed by atoms with Gasteiger partial charge in [0.1, 0.15) is 0 Å². The molecular formula is C49H57N. The van der Waals surface area contributed by atoms with Crippen LogP contribution in [0.3, 0.4) is 0 Å². The minimum Gasteiger partial charge on any atom is -0.376 e. The molecule has 0 fully saturated rings. The van der Waals surface area contributed by atoms with E-state index in [2.05, 4.69) is 178 Å². The quantitative estimate of drug-likeness (QED) is 0.157. The van der Waals surface area contributed by atoms with Gasteiger partial charge in [-0.3, -0.25) is 0 Å². The van der Waals surface area contributed by atoms with Gasteiger partial charge in [-0.05, 0) is 123 Å². The lowest BCUT2D eigenvalue weighted by Gasteiger charge is -2.36. The lowest BCUT2D eigenvalue weighted by Crippen LogP contribution is -2.34. The highest BCUT2D eigenvalue weighted by Crippen LogP contribution is 2.57. The monoisotopic (exact) mass is 659 g/mol. The van der Waals surface area contributed by atoms with Gasteiger partial charge in [0, 0.05) is 21.9 Å². The van der Waals surface area contributed by atoms with Crippen LogP contribution in [0.25, 0.3) is 22.3 Å². The molecule has 5 aromatic rings. The van der Waals surface area contributed by atoms with Crippen molar-refractivity contribution >= 4 is 5.69 Å². The average Bonchev–Trinajstić information content (AvgIpc) is 3.49. The van der Waals surface area contributed by atoms with Crippen LogP contribution in [0.5, 0.6) is 0 Å². The molecule has 0 saturated carbocycles. The first-order chi connectivity index (χ1) is 23.8. The van der Waals surface area contributed by atoms with Gasteiger partial charge >= 0.3 is 0 Å². The first-order valence-corrected chi connectivity index (χ1v) is 19.3. The van der Waals surface area contributed by atoms with Crippen LogP contribution in [0.2, 0.25) is 0 Å². The zero-order valence-corrected chi connectivity index (χ0v) is 32.2. The molecule has 0 atom stereocenters. The molecule has 0 aliphatic heterocycles. The van der Waals surface area contributed by atoms with Crippen molar-refractivity contribution in [2.24, 2.45) is 0 Å². The molecule has 0 unspecified atom stereocenters. The Bertz CT molecular complexity index is 2030. The van der Waals surface area contributed by atoms with E-state index >= 15 is 0 Å². The van der Waals surface area contributed by atoms with Crippen molar-refractivity contribution in [3.05, 3.63) is 148 Å². The van der Waals surface area contributed by atoms with Crippen LogP contribution in [0.1, 0.15) is 145 Å². The third-order valence-corrected chi connectivity index (χ3v) is 13.2. The van der Waals surface area contributed by atoms with Crippen molar-refractivity contribution in [1.29, 1.82) is 0 Å². The maximum Gasteiger partial charge on any atom is 0.0620 e. The van der Waals surface area contributed by atoms with Crippen LogP contribution in [0, 0.1) is 0 Å². The van der Waals surface area contributed by atoms with Gasteiger partial charge in [-0.1, -0.05) is 148 Å². The number of hydrogen-bond acceptors (Lipinski definition) is 1. The number of rotatable bonds is 10. The Morgan fingerprint density at radius 3 is 1.54 bits per heavy atom. The summed E-state index contributed by atoms with van der Waals surface area (Å²) in [6.45, 7) is 23.7. The fourth-order valence-corrected chi connectivity index (χ4v) is 9.47. The van der Waals surface area contributed by atoms with E-state index in [4.69, 9.17) is 0 Å². The molecule has 7 rings (SSSR count). The summed E-state index contributed by atoms with van der Waals surface area (Å²) in [5.41, 5.74) is 17.9. The maximum atomic E-state index is 4.05. The van der Waals surface area contributed by atoms with E-state index in [1.807, 2.05) is 0 Å². The Labute approximate surface area is 302 Å². The summed E-state index contributed by atoms with van der Waals surface area (Å²) in [7, 11) is 0. The number of benzene rings is 5. The van der Waals surface area contributed by atoms with Crippen LogP contribution in [0.15, 0.2) is 103 Å². The Balaban J connectivity index is 1.23. The summed E-state index contributed by atoms with van der Waals surface area (Å²) in [6, 6.07) is 39.8. The molecule has 0 saturated heterocycles. The first kappa shape index (κ1) is 34.4. The van der Waals surface area contributed by atoms with Gasteiger partial charge in [0.05, 0.1) is 5.54 Å². The van der Waals surface area contributed by atoms with Gasteiger partial charge in [-0.2, -0.15) is 0 Å². The molecule has 0 heterocycles. The van der Waals surface area contributed by atoms with Gasteiger partial charge in [0.25, 0.3) is 0 Å². The van der Waals surface area contributed by atoms with Crippen LogP contribution >= 0.6 is 0 Å². The molecule has 50 heavy (non-hydrogen) atoms. The van der Waals surface area contributed by atoms with Gasteiger partial charge in [0.15, 0.2) is 0 Å². The van der Waals surface area contributed by atoms with Crippen molar-refractivity contribution in [3.63, 3.8) is 0 Å². The van der Waals surface area contributed by atoms with Gasteiger partial charge in [-0.25, -0.2) is 0 Å². The second-order valence-corrected chi connectivity index (χ2v) is 16.8. The molecular weight excluding hydrogens is 603 g/mol. The van der Waals surface area contributed by atoms with E-state index in [0.717, 1.165) is 12.8 Å². The fourth-order valence-electron chi connectivity index (χ4n) is 9.47. The Morgan fingerprint density at radius 1 is 0.520 bits per heavy atom. The lowest BCUT2D eigenvalue weighted by atomic mass is 9.77. The number of anilines is 1. The van der Waals surface area contributed by atoms with Crippen molar-refractivity contribution < 1.29 is 0 Å². The van der Waals surface area contributed by atoms with Crippen molar-refractivity contribution in [3.8, 4) is 22.3 Å². The lowest BCUT2D eigenvalue weighted by molar-refractivity contribution is 0.453. The van der Waals surface area contributed by atoms with Gasteiger partial charge in [0.2, 0.25) is 0 Å². The van der Waals surface area contributed by atoms with Crippen LogP contribution in [-0.4, -0.2) is 0 Å². The Hall–Kier alpha value is -4.10. The maximum absolute atomic E-state index is 4.05. The molecule has 2 aliphatic rings. The third kappa shape index (κ3) is 5.18. The van der Waals surface area contributed by atoms with Crippen LogP contribution in [0.4, 0.5) is 5.69 Å². The van der Waals surface area contributed by atoms with Gasteiger partial charge < -0.3 is 5.32 Å². The summed E-state index contributed by atoms with van der Waals surface area (Å²) >= 11 is 0. The summed E-state index contributed by atoms with van der Waals surface area (Å²) in [6.07, 6.45) is 4.39. The fraction of sp³-hybridized carbons (Fsp3) is 0.388. The van der Waals surface area contributed by atoms with Crippen LogP contribution in [-0.2, 0) is 21.8 Å². The molecule has 5 aromatic carbocycles. The van der Waals surface area contributed by atoms with Crippen molar-refractivity contribution in [2.45, 2.75) is 123 Å². The minimum absolute atomic E-state index is 0.0239. The van der Waals surface area contributed by atoms with E-state index in [0.29, 0.717) is 5.92 Å². The highest BCUT2D eigenvalue weighted by atomic mass is 15.0. The standard InChI is InChI=1S/C49H57N/c1-11-32(12-2)33-20-26-38-40-30-45-41(31-44(40)47(7,8)42(38)28-33)39-27-23-36(29-43(39)48(45,9)10)49(13-3,14-4)50-37-24-21-35(22-25-37)46(5,6)34-18-16-15-17-19-34/h15-32,50H,11-14H2,1-10H3. The molecule has 0 radical (unpaired) electrons. The van der Waals surface area contributed by atoms with E-state index in [-0.39, 0.29) is 21.8 Å². The molecule has 258 valence electrons. The molecule has 1 N–H and O–H groups in total. The molecule has 0 bridgehead atoms. The Morgan fingerprint density at radius 2 is 1.00 bits per heavy atom. The molecule has 2 aliphatic carbocycles. The normalized spacial score (nSPS) is 15.4.